The lowest BCUT2D eigenvalue weighted by atomic mass is 10.2. The zero-order valence-electron chi connectivity index (χ0n) is 8.65. The first-order chi connectivity index (χ1) is 7.11. The number of nitrogens with zero attached hydrogens (tertiary/aromatic N) is 1. The number of carbonyl (C=O) groups excluding carboxylic acids is 2. The molecule has 1 N–H and O–H groups in total. The van der Waals surface area contributed by atoms with Crippen LogP contribution in [0, 0.1) is 6.92 Å². The van der Waals surface area contributed by atoms with E-state index in [0.29, 0.717) is 5.69 Å². The molecule has 4 nitrogen and oxygen atoms in total. The van der Waals surface area contributed by atoms with Crippen LogP contribution in [0.15, 0.2) is 24.3 Å². The van der Waals surface area contributed by atoms with E-state index in [1.54, 1.807) is 13.0 Å². The molecule has 78 valence electrons. The van der Waals surface area contributed by atoms with Gasteiger partial charge in [0, 0.05) is 0 Å². The Balaban J connectivity index is 2.44. The molecule has 1 aromatic rings. The van der Waals surface area contributed by atoms with Crippen molar-refractivity contribution in [3.05, 3.63) is 29.8 Å². The highest BCUT2D eigenvalue weighted by molar-refractivity contribution is 6.21. The Bertz CT molecular complexity index is 428. The van der Waals surface area contributed by atoms with E-state index < -0.39 is 6.04 Å². The van der Waals surface area contributed by atoms with E-state index in [9.17, 15) is 9.59 Å². The summed E-state index contributed by atoms with van der Waals surface area (Å²) in [6.07, 6.45) is 0. The molecule has 2 rings (SSSR count). The molecule has 1 aliphatic heterocycles. The molecule has 0 spiro atoms. The SMILES string of the molecule is Cc1ccccc1N1C(=O)N[C@H](C)C1=O. The van der Waals surface area contributed by atoms with Crippen LogP contribution in [0.2, 0.25) is 0 Å². The average molecular weight is 204 g/mol. The lowest BCUT2D eigenvalue weighted by molar-refractivity contribution is -0.117. The highest BCUT2D eigenvalue weighted by Crippen LogP contribution is 2.22. The minimum absolute atomic E-state index is 0.200. The second-order valence-corrected chi connectivity index (χ2v) is 3.63. The molecular formula is C11H12N2O2. The molecule has 0 aliphatic carbocycles. The van der Waals surface area contributed by atoms with Crippen LogP contribution in [0.3, 0.4) is 0 Å². The van der Waals surface area contributed by atoms with Crippen molar-refractivity contribution in [2.45, 2.75) is 19.9 Å². The van der Waals surface area contributed by atoms with Crippen molar-refractivity contribution in [2.75, 3.05) is 4.90 Å². The van der Waals surface area contributed by atoms with Crippen molar-refractivity contribution < 1.29 is 9.59 Å². The maximum absolute atomic E-state index is 11.7. The fraction of sp³-hybridized carbons (Fsp3) is 0.273. The first kappa shape index (κ1) is 9.71. The number of hydrogen-bond acceptors (Lipinski definition) is 2. The van der Waals surface area contributed by atoms with E-state index in [2.05, 4.69) is 5.32 Å². The summed E-state index contributed by atoms with van der Waals surface area (Å²) >= 11 is 0. The topological polar surface area (TPSA) is 49.4 Å². The monoisotopic (exact) mass is 204 g/mol. The standard InChI is InChI=1S/C11H12N2O2/c1-7-5-3-4-6-9(7)13-10(14)8(2)12-11(13)15/h3-6,8H,1-2H3,(H,12,15)/t8-/m1/s1. The third-order valence-electron chi connectivity index (χ3n) is 2.49. The Morgan fingerprint density at radius 2 is 1.93 bits per heavy atom. The number of nitrogens with one attached hydrogen (secondary N) is 1. The van der Waals surface area contributed by atoms with Gasteiger partial charge in [0.05, 0.1) is 5.69 Å². The van der Waals surface area contributed by atoms with Gasteiger partial charge in [0.2, 0.25) is 0 Å². The number of rotatable bonds is 1. The number of aryl methyl sites for hydroxylation is 1. The molecule has 0 aromatic heterocycles. The number of carbonyl (C=O) groups is 2. The Labute approximate surface area is 87.9 Å². The summed E-state index contributed by atoms with van der Waals surface area (Å²) < 4.78 is 0. The van der Waals surface area contributed by atoms with Crippen LogP contribution in [-0.2, 0) is 4.79 Å². The molecule has 1 atom stereocenters. The molecule has 0 bridgehead atoms. The zero-order chi connectivity index (χ0) is 11.0. The van der Waals surface area contributed by atoms with Crippen LogP contribution in [0.25, 0.3) is 0 Å². The van der Waals surface area contributed by atoms with Crippen molar-refractivity contribution in [3.8, 4) is 0 Å². The first-order valence-electron chi connectivity index (χ1n) is 4.81. The highest BCUT2D eigenvalue weighted by atomic mass is 16.2. The van der Waals surface area contributed by atoms with Crippen LogP contribution < -0.4 is 10.2 Å². The summed E-state index contributed by atoms with van der Waals surface area (Å²) in [5, 5.41) is 2.58. The van der Waals surface area contributed by atoms with E-state index in [1.165, 1.54) is 4.90 Å². The fourth-order valence-electron chi connectivity index (χ4n) is 1.65. The lowest BCUT2D eigenvalue weighted by Gasteiger charge is -2.14. The number of para-hydroxylation sites is 1. The van der Waals surface area contributed by atoms with Crippen molar-refractivity contribution >= 4 is 17.6 Å². The van der Waals surface area contributed by atoms with E-state index in [0.717, 1.165) is 5.56 Å². The number of anilines is 1. The first-order valence-corrected chi connectivity index (χ1v) is 4.81. The Morgan fingerprint density at radius 1 is 1.27 bits per heavy atom. The van der Waals surface area contributed by atoms with Crippen LogP contribution in [0.4, 0.5) is 10.5 Å². The predicted molar refractivity (Wildman–Crippen MR) is 56.7 cm³/mol. The number of urea groups is 1. The Hall–Kier alpha value is -1.84. The van der Waals surface area contributed by atoms with Gasteiger partial charge >= 0.3 is 6.03 Å². The maximum Gasteiger partial charge on any atom is 0.329 e. The molecule has 0 saturated carbocycles. The van der Waals surface area contributed by atoms with Crippen LogP contribution in [0.1, 0.15) is 12.5 Å². The quantitative estimate of drug-likeness (QED) is 0.704. The van der Waals surface area contributed by atoms with E-state index in [-0.39, 0.29) is 11.9 Å². The normalized spacial score (nSPS) is 20.7. The second-order valence-electron chi connectivity index (χ2n) is 3.63. The summed E-state index contributed by atoms with van der Waals surface area (Å²) in [6.45, 7) is 3.55. The van der Waals surface area contributed by atoms with Crippen LogP contribution >= 0.6 is 0 Å². The molecule has 4 heteroatoms. The lowest BCUT2D eigenvalue weighted by Crippen LogP contribution is -2.31. The van der Waals surface area contributed by atoms with E-state index in [1.807, 2.05) is 25.1 Å². The van der Waals surface area contributed by atoms with Gasteiger partial charge in [0.15, 0.2) is 0 Å². The summed E-state index contributed by atoms with van der Waals surface area (Å²) in [7, 11) is 0. The van der Waals surface area contributed by atoms with Crippen LogP contribution in [-0.4, -0.2) is 18.0 Å². The smallest absolute Gasteiger partial charge is 0.326 e. The van der Waals surface area contributed by atoms with E-state index in [4.69, 9.17) is 0 Å². The maximum atomic E-state index is 11.7. The molecule has 0 radical (unpaired) electrons. The number of hydrogen-bond donors (Lipinski definition) is 1. The minimum atomic E-state index is -0.433. The molecule has 1 fully saturated rings. The third-order valence-corrected chi connectivity index (χ3v) is 2.49. The molecular weight excluding hydrogens is 192 g/mol. The van der Waals surface area contributed by atoms with Gasteiger partial charge in [-0.15, -0.1) is 0 Å². The van der Waals surface area contributed by atoms with Gasteiger partial charge < -0.3 is 5.32 Å². The minimum Gasteiger partial charge on any atom is -0.326 e. The average Bonchev–Trinajstić information content (AvgIpc) is 2.43. The molecule has 1 aliphatic rings. The summed E-state index contributed by atoms with van der Waals surface area (Å²) in [5.41, 5.74) is 1.57. The van der Waals surface area contributed by atoms with Crippen molar-refractivity contribution in [3.63, 3.8) is 0 Å². The van der Waals surface area contributed by atoms with Gasteiger partial charge in [-0.1, -0.05) is 18.2 Å². The molecule has 15 heavy (non-hydrogen) atoms. The highest BCUT2D eigenvalue weighted by Gasteiger charge is 2.36. The van der Waals surface area contributed by atoms with Gasteiger partial charge in [0.1, 0.15) is 6.04 Å². The zero-order valence-corrected chi connectivity index (χ0v) is 8.65. The summed E-state index contributed by atoms with van der Waals surface area (Å²) in [5.74, 6) is -0.200. The Morgan fingerprint density at radius 3 is 2.47 bits per heavy atom. The van der Waals surface area contributed by atoms with Gasteiger partial charge in [-0.3, -0.25) is 4.79 Å². The molecule has 1 saturated heterocycles. The second kappa shape index (κ2) is 3.38. The molecule has 0 unspecified atom stereocenters. The largest absolute Gasteiger partial charge is 0.329 e. The predicted octanol–water partition coefficient (Wildman–Crippen LogP) is 1.44. The number of benzene rings is 1. The molecule has 1 aromatic carbocycles. The molecule has 3 amide bonds. The number of imide groups is 1. The van der Waals surface area contributed by atoms with Gasteiger partial charge in [-0.25, -0.2) is 9.69 Å². The van der Waals surface area contributed by atoms with Crippen molar-refractivity contribution in [1.82, 2.24) is 5.32 Å². The Kier molecular flexibility index (Phi) is 2.19. The van der Waals surface area contributed by atoms with Gasteiger partial charge in [-0.2, -0.15) is 0 Å². The van der Waals surface area contributed by atoms with Gasteiger partial charge in [0.25, 0.3) is 5.91 Å². The van der Waals surface area contributed by atoms with Crippen LogP contribution in [0.5, 0.6) is 0 Å². The van der Waals surface area contributed by atoms with Crippen molar-refractivity contribution in [1.29, 1.82) is 0 Å². The van der Waals surface area contributed by atoms with E-state index >= 15 is 0 Å². The number of amides is 3. The fourth-order valence-corrected chi connectivity index (χ4v) is 1.65. The van der Waals surface area contributed by atoms with Gasteiger partial charge in [-0.05, 0) is 25.5 Å². The molecule has 1 heterocycles. The third kappa shape index (κ3) is 1.48. The summed E-state index contributed by atoms with van der Waals surface area (Å²) in [4.78, 5) is 24.4. The summed E-state index contributed by atoms with van der Waals surface area (Å²) in [6, 6.07) is 6.55. The van der Waals surface area contributed by atoms with Crippen molar-refractivity contribution in [2.24, 2.45) is 0 Å².